The van der Waals surface area contributed by atoms with Gasteiger partial charge >= 0.3 is 0 Å². The topological polar surface area (TPSA) is 33.0 Å². The molecule has 0 spiro atoms. The van der Waals surface area contributed by atoms with E-state index in [2.05, 4.69) is 6.07 Å². The molecule has 0 amide bonds. The van der Waals surface area contributed by atoms with Gasteiger partial charge in [-0.25, -0.2) is 0 Å². The summed E-state index contributed by atoms with van der Waals surface area (Å²) in [6.45, 7) is 0. The molecule has 0 aliphatic carbocycles. The zero-order valence-corrected chi connectivity index (χ0v) is 10.1. The molecule has 2 aromatic rings. The monoisotopic (exact) mass is 235 g/mol. The fourth-order valence-electron chi connectivity index (χ4n) is 1.70. The van der Waals surface area contributed by atoms with Crippen molar-refractivity contribution in [1.82, 2.24) is 0 Å². The average molecular weight is 235 g/mol. The van der Waals surface area contributed by atoms with Crippen LogP contribution in [-0.4, -0.2) is 7.11 Å². The van der Waals surface area contributed by atoms with E-state index in [1.54, 1.807) is 7.11 Å². The maximum absolute atomic E-state index is 9.22. The number of methoxy groups -OCH3 is 1. The van der Waals surface area contributed by atoms with Gasteiger partial charge in [0.2, 0.25) is 0 Å². The van der Waals surface area contributed by atoms with Crippen LogP contribution in [0.5, 0.6) is 5.75 Å². The first-order valence-corrected chi connectivity index (χ1v) is 5.65. The van der Waals surface area contributed by atoms with Crippen LogP contribution in [0.2, 0.25) is 0 Å². The van der Waals surface area contributed by atoms with Crippen molar-refractivity contribution in [2.45, 2.75) is 0 Å². The Labute approximate surface area is 107 Å². The summed E-state index contributed by atoms with van der Waals surface area (Å²) >= 11 is 0. The third-order valence-electron chi connectivity index (χ3n) is 2.61. The summed E-state index contributed by atoms with van der Waals surface area (Å²) in [6, 6.07) is 19.5. The van der Waals surface area contributed by atoms with E-state index < -0.39 is 0 Å². The zero-order valence-electron chi connectivity index (χ0n) is 10.1. The molecule has 2 rings (SSSR count). The van der Waals surface area contributed by atoms with Crippen molar-refractivity contribution in [3.63, 3.8) is 0 Å². The summed E-state index contributed by atoms with van der Waals surface area (Å²) < 4.78 is 5.16. The van der Waals surface area contributed by atoms with Crippen LogP contribution in [0.3, 0.4) is 0 Å². The van der Waals surface area contributed by atoms with Crippen LogP contribution < -0.4 is 4.74 Å². The highest BCUT2D eigenvalue weighted by atomic mass is 16.5. The Bertz CT molecular complexity index is 594. The summed E-state index contributed by atoms with van der Waals surface area (Å²) in [4.78, 5) is 0. The van der Waals surface area contributed by atoms with E-state index in [0.29, 0.717) is 5.57 Å². The highest BCUT2D eigenvalue weighted by Gasteiger charge is 2.00. The molecule has 0 saturated carbocycles. The number of nitriles is 1. The Balaban J connectivity index is 2.39. The molecule has 0 saturated heterocycles. The van der Waals surface area contributed by atoms with Crippen LogP contribution >= 0.6 is 0 Å². The van der Waals surface area contributed by atoms with Gasteiger partial charge in [-0.15, -0.1) is 0 Å². The van der Waals surface area contributed by atoms with E-state index in [4.69, 9.17) is 4.74 Å². The van der Waals surface area contributed by atoms with Crippen molar-refractivity contribution in [2.75, 3.05) is 7.11 Å². The van der Waals surface area contributed by atoms with Crippen molar-refractivity contribution in [1.29, 1.82) is 5.26 Å². The lowest BCUT2D eigenvalue weighted by Crippen LogP contribution is -1.84. The third kappa shape index (κ3) is 2.78. The second-order valence-corrected chi connectivity index (χ2v) is 3.81. The maximum Gasteiger partial charge on any atom is 0.119 e. The van der Waals surface area contributed by atoms with Crippen LogP contribution in [0.1, 0.15) is 11.1 Å². The number of hydrogen-bond donors (Lipinski definition) is 0. The normalized spacial score (nSPS) is 10.8. The van der Waals surface area contributed by atoms with E-state index in [1.807, 2.05) is 60.7 Å². The number of allylic oxidation sites excluding steroid dienone is 1. The molecule has 88 valence electrons. The van der Waals surface area contributed by atoms with E-state index in [-0.39, 0.29) is 0 Å². The van der Waals surface area contributed by atoms with Crippen molar-refractivity contribution in [3.05, 3.63) is 65.7 Å². The fourth-order valence-corrected chi connectivity index (χ4v) is 1.70. The molecule has 18 heavy (non-hydrogen) atoms. The Morgan fingerprint density at radius 1 is 1.11 bits per heavy atom. The van der Waals surface area contributed by atoms with Gasteiger partial charge in [-0.3, -0.25) is 0 Å². The van der Waals surface area contributed by atoms with Gasteiger partial charge in [0.25, 0.3) is 0 Å². The van der Waals surface area contributed by atoms with Crippen LogP contribution in [0.25, 0.3) is 11.6 Å². The summed E-state index contributed by atoms with van der Waals surface area (Å²) in [5.41, 5.74) is 2.52. The highest BCUT2D eigenvalue weighted by Crippen LogP contribution is 2.20. The van der Waals surface area contributed by atoms with Gasteiger partial charge in [0, 0.05) is 0 Å². The standard InChI is InChI=1S/C16H13NO/c1-18-16-9-5-6-13(11-16)10-15(12-17)14-7-3-2-4-8-14/h2-11H,1H3. The van der Waals surface area contributed by atoms with Gasteiger partial charge in [0.1, 0.15) is 5.75 Å². The number of nitrogens with zero attached hydrogens (tertiary/aromatic N) is 1. The second kappa shape index (κ2) is 5.70. The summed E-state index contributed by atoms with van der Waals surface area (Å²) in [6.07, 6.45) is 1.86. The molecule has 0 atom stereocenters. The van der Waals surface area contributed by atoms with Gasteiger partial charge in [-0.2, -0.15) is 5.26 Å². The summed E-state index contributed by atoms with van der Waals surface area (Å²) in [5.74, 6) is 0.786. The van der Waals surface area contributed by atoms with Crippen LogP contribution in [0.15, 0.2) is 54.6 Å². The fraction of sp³-hybridized carbons (Fsp3) is 0.0625. The Morgan fingerprint density at radius 2 is 1.89 bits per heavy atom. The predicted octanol–water partition coefficient (Wildman–Crippen LogP) is 3.76. The van der Waals surface area contributed by atoms with Crippen molar-refractivity contribution >= 4 is 11.6 Å². The van der Waals surface area contributed by atoms with Gasteiger partial charge in [0.15, 0.2) is 0 Å². The van der Waals surface area contributed by atoms with E-state index in [1.165, 1.54) is 0 Å². The molecule has 0 aromatic heterocycles. The summed E-state index contributed by atoms with van der Waals surface area (Å²) in [7, 11) is 1.63. The van der Waals surface area contributed by atoms with Crippen LogP contribution in [-0.2, 0) is 0 Å². The highest BCUT2D eigenvalue weighted by molar-refractivity contribution is 5.89. The van der Waals surface area contributed by atoms with Gasteiger partial charge < -0.3 is 4.74 Å². The van der Waals surface area contributed by atoms with Crippen molar-refractivity contribution < 1.29 is 4.74 Å². The van der Waals surface area contributed by atoms with E-state index in [9.17, 15) is 5.26 Å². The quantitative estimate of drug-likeness (QED) is 0.599. The number of rotatable bonds is 3. The third-order valence-corrected chi connectivity index (χ3v) is 2.61. The molecule has 0 fully saturated rings. The first-order valence-electron chi connectivity index (χ1n) is 5.65. The Kier molecular flexibility index (Phi) is 3.78. The van der Waals surface area contributed by atoms with Gasteiger partial charge in [-0.05, 0) is 29.3 Å². The van der Waals surface area contributed by atoms with E-state index >= 15 is 0 Å². The largest absolute Gasteiger partial charge is 0.497 e. The van der Waals surface area contributed by atoms with Crippen molar-refractivity contribution in [2.24, 2.45) is 0 Å². The molecule has 0 unspecified atom stereocenters. The van der Waals surface area contributed by atoms with E-state index in [0.717, 1.165) is 16.9 Å². The number of hydrogen-bond acceptors (Lipinski definition) is 2. The van der Waals surface area contributed by atoms with Crippen molar-refractivity contribution in [3.8, 4) is 11.8 Å². The lowest BCUT2D eigenvalue weighted by Gasteiger charge is -2.02. The zero-order chi connectivity index (χ0) is 12.8. The Morgan fingerprint density at radius 3 is 2.56 bits per heavy atom. The Hall–Kier alpha value is -2.53. The minimum atomic E-state index is 0.642. The molecular weight excluding hydrogens is 222 g/mol. The predicted molar refractivity (Wildman–Crippen MR) is 72.9 cm³/mol. The SMILES string of the molecule is COc1cccc(C=C(C#N)c2ccccc2)c1. The molecule has 0 heterocycles. The first kappa shape index (κ1) is 11.9. The lowest BCUT2D eigenvalue weighted by molar-refractivity contribution is 0.414. The number of benzene rings is 2. The van der Waals surface area contributed by atoms with Gasteiger partial charge in [0.05, 0.1) is 18.8 Å². The molecule has 2 aromatic carbocycles. The maximum atomic E-state index is 9.22. The molecule has 0 N–H and O–H groups in total. The second-order valence-electron chi connectivity index (χ2n) is 3.81. The molecular formula is C16H13NO. The minimum absolute atomic E-state index is 0.642. The lowest BCUT2D eigenvalue weighted by atomic mass is 10.0. The molecule has 2 nitrogen and oxygen atoms in total. The van der Waals surface area contributed by atoms with Crippen LogP contribution in [0, 0.1) is 11.3 Å². The molecule has 0 aliphatic rings. The molecule has 0 radical (unpaired) electrons. The minimum Gasteiger partial charge on any atom is -0.497 e. The molecule has 2 heteroatoms. The molecule has 0 aliphatic heterocycles. The average Bonchev–Trinajstić information content (AvgIpc) is 2.46. The van der Waals surface area contributed by atoms with Crippen LogP contribution in [0.4, 0.5) is 0 Å². The van der Waals surface area contributed by atoms with Gasteiger partial charge in [-0.1, -0.05) is 42.5 Å². The first-order chi connectivity index (χ1) is 8.83. The smallest absolute Gasteiger partial charge is 0.119 e. The number of ether oxygens (including phenoxy) is 1. The summed E-state index contributed by atoms with van der Waals surface area (Å²) in [5, 5.41) is 9.22. The molecule has 0 bridgehead atoms.